The van der Waals surface area contributed by atoms with Gasteiger partial charge in [0.15, 0.2) is 6.10 Å². The largest absolute Gasteiger partial charge is 0.492 e. The van der Waals surface area contributed by atoms with Crippen LogP contribution in [-0.4, -0.2) is 40.1 Å². The zero-order valence-corrected chi connectivity index (χ0v) is 19.6. The van der Waals surface area contributed by atoms with Gasteiger partial charge in [-0.15, -0.1) is 0 Å². The molecule has 0 aliphatic carbocycles. The molecule has 4 aromatic carbocycles. The molecule has 1 aliphatic rings. The molecule has 1 N–H and O–H groups in total. The monoisotopic (exact) mass is 488 g/mol. The lowest BCUT2D eigenvalue weighted by molar-refractivity contribution is -0.127. The van der Waals surface area contributed by atoms with Gasteiger partial charge in [0.1, 0.15) is 18.1 Å². The molecule has 7 nitrogen and oxygen atoms in total. The quantitative estimate of drug-likeness (QED) is 0.398. The minimum Gasteiger partial charge on any atom is -0.492 e. The van der Waals surface area contributed by atoms with Crippen molar-refractivity contribution in [1.29, 1.82) is 0 Å². The predicted molar refractivity (Wildman–Crippen MR) is 134 cm³/mol. The number of carbonyl (C=O) groups is 1. The maximum atomic E-state index is 13.3. The van der Waals surface area contributed by atoms with E-state index in [4.69, 9.17) is 9.47 Å². The highest BCUT2D eigenvalue weighted by Gasteiger charge is 2.37. The Morgan fingerprint density at radius 2 is 1.63 bits per heavy atom. The molecule has 0 saturated heterocycles. The Bertz CT molecular complexity index is 1460. The van der Waals surface area contributed by atoms with E-state index < -0.39 is 22.0 Å². The van der Waals surface area contributed by atoms with Crippen LogP contribution in [0.25, 0.3) is 10.8 Å². The van der Waals surface area contributed by atoms with Crippen molar-refractivity contribution in [3.8, 4) is 11.5 Å². The molecule has 0 fully saturated rings. The highest BCUT2D eigenvalue weighted by atomic mass is 32.2. The zero-order chi connectivity index (χ0) is 24.3. The number of ether oxygens (including phenoxy) is 2. The van der Waals surface area contributed by atoms with Crippen LogP contribution in [0.4, 0.5) is 5.69 Å². The van der Waals surface area contributed by atoms with E-state index >= 15 is 0 Å². The molecule has 35 heavy (non-hydrogen) atoms. The topological polar surface area (TPSA) is 84.9 Å². The lowest BCUT2D eigenvalue weighted by Gasteiger charge is -2.34. The van der Waals surface area contributed by atoms with Crippen LogP contribution in [0, 0.1) is 0 Å². The molecule has 0 saturated carbocycles. The number of hydrogen-bond acceptors (Lipinski definition) is 5. The van der Waals surface area contributed by atoms with Crippen LogP contribution >= 0.6 is 0 Å². The third-order valence-electron chi connectivity index (χ3n) is 5.75. The van der Waals surface area contributed by atoms with Crippen molar-refractivity contribution in [2.75, 3.05) is 24.0 Å². The Kier molecular flexibility index (Phi) is 6.29. The molecule has 4 aromatic rings. The second kappa shape index (κ2) is 9.68. The molecule has 1 aliphatic heterocycles. The first kappa shape index (κ1) is 22.7. The first-order valence-corrected chi connectivity index (χ1v) is 12.7. The average molecular weight is 489 g/mol. The van der Waals surface area contributed by atoms with E-state index in [0.29, 0.717) is 17.2 Å². The Morgan fingerprint density at radius 1 is 0.914 bits per heavy atom. The molecule has 1 heterocycles. The molecule has 0 bridgehead atoms. The summed E-state index contributed by atoms with van der Waals surface area (Å²) in [6, 6.07) is 28.8. The molecular formula is C27H24N2O5S. The number of para-hydroxylation sites is 2. The van der Waals surface area contributed by atoms with Gasteiger partial charge in [-0.25, -0.2) is 8.42 Å². The highest BCUT2D eigenvalue weighted by Crippen LogP contribution is 2.36. The van der Waals surface area contributed by atoms with Crippen LogP contribution in [0.15, 0.2) is 102 Å². The number of nitrogens with one attached hydrogen (secondary N) is 1. The van der Waals surface area contributed by atoms with Crippen LogP contribution in [-0.2, 0) is 14.8 Å². The molecule has 0 spiro atoms. The summed E-state index contributed by atoms with van der Waals surface area (Å²) >= 11 is 0. The molecule has 1 amide bonds. The van der Waals surface area contributed by atoms with Gasteiger partial charge in [0.25, 0.3) is 15.9 Å². The van der Waals surface area contributed by atoms with Crippen molar-refractivity contribution < 1.29 is 22.7 Å². The van der Waals surface area contributed by atoms with Crippen LogP contribution in [0.5, 0.6) is 11.5 Å². The number of amides is 1. The first-order valence-electron chi connectivity index (χ1n) is 11.3. The molecule has 8 heteroatoms. The van der Waals surface area contributed by atoms with Crippen molar-refractivity contribution in [3.05, 3.63) is 97.1 Å². The summed E-state index contributed by atoms with van der Waals surface area (Å²) in [5.41, 5.74) is 0.403. The fraction of sp³-hybridized carbons (Fsp3) is 0.148. The zero-order valence-electron chi connectivity index (χ0n) is 18.8. The van der Waals surface area contributed by atoms with E-state index in [1.54, 1.807) is 42.5 Å². The van der Waals surface area contributed by atoms with Gasteiger partial charge in [0.2, 0.25) is 0 Å². The Morgan fingerprint density at radius 3 is 2.46 bits per heavy atom. The number of anilines is 1. The Labute approximate surface area is 204 Å². The molecule has 5 rings (SSSR count). The van der Waals surface area contributed by atoms with Gasteiger partial charge in [-0.3, -0.25) is 9.10 Å². The van der Waals surface area contributed by atoms with Crippen molar-refractivity contribution in [1.82, 2.24) is 5.32 Å². The van der Waals surface area contributed by atoms with E-state index in [2.05, 4.69) is 5.32 Å². The van der Waals surface area contributed by atoms with Gasteiger partial charge < -0.3 is 14.8 Å². The lowest BCUT2D eigenvalue weighted by atomic mass is 10.1. The molecule has 0 aromatic heterocycles. The minimum atomic E-state index is -3.87. The second-order valence-electron chi connectivity index (χ2n) is 8.07. The molecular weight excluding hydrogens is 464 g/mol. The van der Waals surface area contributed by atoms with Crippen LogP contribution in [0.2, 0.25) is 0 Å². The van der Waals surface area contributed by atoms with Crippen molar-refractivity contribution >= 4 is 32.4 Å². The summed E-state index contributed by atoms with van der Waals surface area (Å²) in [5.74, 6) is 0.640. The Hall–Kier alpha value is -4.04. The van der Waals surface area contributed by atoms with Crippen molar-refractivity contribution in [2.45, 2.75) is 11.0 Å². The van der Waals surface area contributed by atoms with Crippen molar-refractivity contribution in [3.63, 3.8) is 0 Å². The molecule has 0 unspecified atom stereocenters. The summed E-state index contributed by atoms with van der Waals surface area (Å²) in [4.78, 5) is 13.0. The van der Waals surface area contributed by atoms with Gasteiger partial charge in [0.05, 0.1) is 23.7 Å². The van der Waals surface area contributed by atoms with E-state index in [9.17, 15) is 13.2 Å². The van der Waals surface area contributed by atoms with Crippen molar-refractivity contribution in [2.24, 2.45) is 0 Å². The third kappa shape index (κ3) is 4.79. The number of hydrogen-bond donors (Lipinski definition) is 1. The number of carbonyl (C=O) groups excluding carboxylic acids is 1. The van der Waals surface area contributed by atoms with Crippen LogP contribution in [0.1, 0.15) is 0 Å². The fourth-order valence-electron chi connectivity index (χ4n) is 4.00. The van der Waals surface area contributed by atoms with Gasteiger partial charge in [0, 0.05) is 0 Å². The SMILES string of the molecule is O=C(NCCOc1ccc2ccccc2c1)[C@@H]1CN(S(=O)(=O)c2ccccc2)c2ccccc2O1. The molecule has 1 atom stereocenters. The summed E-state index contributed by atoms with van der Waals surface area (Å²) in [5, 5.41) is 4.99. The maximum absolute atomic E-state index is 13.3. The van der Waals surface area contributed by atoms with Crippen LogP contribution in [0.3, 0.4) is 0 Å². The lowest BCUT2D eigenvalue weighted by Crippen LogP contribution is -2.51. The van der Waals surface area contributed by atoms with E-state index in [1.165, 1.54) is 16.4 Å². The predicted octanol–water partition coefficient (Wildman–Crippen LogP) is 3.99. The molecule has 0 radical (unpaired) electrons. The number of nitrogens with zero attached hydrogens (tertiary/aromatic N) is 1. The van der Waals surface area contributed by atoms with E-state index in [0.717, 1.165) is 10.8 Å². The second-order valence-corrected chi connectivity index (χ2v) is 9.93. The summed E-state index contributed by atoms with van der Waals surface area (Å²) in [6.07, 6.45) is -0.996. The first-order chi connectivity index (χ1) is 17.0. The van der Waals surface area contributed by atoms with Gasteiger partial charge in [-0.2, -0.15) is 0 Å². The number of benzene rings is 4. The molecule has 178 valence electrons. The standard InChI is InChI=1S/C27H24N2O5S/c30-27(28-16-17-33-22-15-14-20-8-4-5-9-21(20)18-22)26-19-29(24-12-6-7-13-25(24)34-26)35(31,32)23-10-2-1-3-11-23/h1-15,18,26H,16-17,19H2,(H,28,30)/t26-/m0/s1. The van der Waals surface area contributed by atoms with E-state index in [-0.39, 0.29) is 24.6 Å². The third-order valence-corrected chi connectivity index (χ3v) is 7.54. The van der Waals surface area contributed by atoms with Crippen LogP contribution < -0.4 is 19.1 Å². The van der Waals surface area contributed by atoms with Gasteiger partial charge >= 0.3 is 0 Å². The highest BCUT2D eigenvalue weighted by molar-refractivity contribution is 7.92. The summed E-state index contributed by atoms with van der Waals surface area (Å²) < 4.78 is 39.6. The van der Waals surface area contributed by atoms with Gasteiger partial charge in [-0.1, -0.05) is 60.7 Å². The maximum Gasteiger partial charge on any atom is 0.264 e. The number of fused-ring (bicyclic) bond motifs is 2. The smallest absolute Gasteiger partial charge is 0.264 e. The summed E-state index contributed by atoms with van der Waals surface area (Å²) in [7, 11) is -3.87. The number of sulfonamides is 1. The fourth-order valence-corrected chi connectivity index (χ4v) is 5.50. The normalized spacial score (nSPS) is 15.2. The van der Waals surface area contributed by atoms with Gasteiger partial charge in [-0.05, 0) is 47.2 Å². The summed E-state index contributed by atoms with van der Waals surface area (Å²) in [6.45, 7) is 0.379. The minimum absolute atomic E-state index is 0.133. The number of rotatable bonds is 7. The van der Waals surface area contributed by atoms with E-state index in [1.807, 2.05) is 42.5 Å². The average Bonchev–Trinajstić information content (AvgIpc) is 2.90. The Balaban J connectivity index is 1.25.